The molecule has 0 unspecified atom stereocenters. The van der Waals surface area contributed by atoms with Crippen molar-refractivity contribution in [2.75, 3.05) is 0 Å². The molecule has 0 bridgehead atoms. The molecule has 0 amide bonds. The first-order valence-electron chi connectivity index (χ1n) is 5.53. The SMILES string of the molecule is Cc1cc2nc(C)c(CCC(=O)O)c(C)n2n1. The summed E-state index contributed by atoms with van der Waals surface area (Å²) >= 11 is 0. The molecule has 0 aliphatic heterocycles. The third-order valence-corrected chi connectivity index (χ3v) is 2.88. The van der Waals surface area contributed by atoms with E-state index in [4.69, 9.17) is 5.11 Å². The minimum absolute atomic E-state index is 0.120. The molecule has 0 fully saturated rings. The summed E-state index contributed by atoms with van der Waals surface area (Å²) in [6, 6.07) is 1.92. The third kappa shape index (κ3) is 2.13. The highest BCUT2D eigenvalue weighted by atomic mass is 16.4. The number of aliphatic carboxylic acids is 1. The van der Waals surface area contributed by atoms with E-state index in [9.17, 15) is 4.79 Å². The highest BCUT2D eigenvalue weighted by Gasteiger charge is 2.12. The smallest absolute Gasteiger partial charge is 0.303 e. The van der Waals surface area contributed by atoms with E-state index in [-0.39, 0.29) is 6.42 Å². The molecule has 17 heavy (non-hydrogen) atoms. The maximum atomic E-state index is 10.6. The van der Waals surface area contributed by atoms with Crippen molar-refractivity contribution in [3.05, 3.63) is 28.7 Å². The molecule has 0 aliphatic carbocycles. The first-order chi connectivity index (χ1) is 7.99. The molecule has 0 atom stereocenters. The Hall–Kier alpha value is -1.91. The average molecular weight is 233 g/mol. The maximum absolute atomic E-state index is 10.6. The van der Waals surface area contributed by atoms with E-state index >= 15 is 0 Å². The normalized spacial score (nSPS) is 11.0. The molecule has 0 saturated heterocycles. The fourth-order valence-electron chi connectivity index (χ4n) is 2.03. The van der Waals surface area contributed by atoms with Crippen molar-refractivity contribution in [1.29, 1.82) is 0 Å². The van der Waals surface area contributed by atoms with Crippen LogP contribution in [0.2, 0.25) is 0 Å². The number of hydrogen-bond acceptors (Lipinski definition) is 3. The van der Waals surface area contributed by atoms with Crippen LogP contribution in [0.1, 0.15) is 29.1 Å². The quantitative estimate of drug-likeness (QED) is 0.875. The first kappa shape index (κ1) is 11.6. The molecule has 0 aromatic carbocycles. The van der Waals surface area contributed by atoms with Gasteiger partial charge in [-0.05, 0) is 32.8 Å². The van der Waals surface area contributed by atoms with E-state index < -0.39 is 5.97 Å². The van der Waals surface area contributed by atoms with Gasteiger partial charge < -0.3 is 5.11 Å². The summed E-state index contributed by atoms with van der Waals surface area (Å²) in [7, 11) is 0. The molecular weight excluding hydrogens is 218 g/mol. The van der Waals surface area contributed by atoms with Crippen LogP contribution in [0.4, 0.5) is 0 Å². The van der Waals surface area contributed by atoms with Crippen LogP contribution in [-0.2, 0) is 11.2 Å². The molecular formula is C12H15N3O2. The van der Waals surface area contributed by atoms with Gasteiger partial charge in [0.15, 0.2) is 5.65 Å². The van der Waals surface area contributed by atoms with Gasteiger partial charge in [-0.25, -0.2) is 9.50 Å². The number of aromatic nitrogens is 3. The summed E-state index contributed by atoms with van der Waals surface area (Å²) in [5, 5.41) is 13.1. The van der Waals surface area contributed by atoms with Gasteiger partial charge in [0.2, 0.25) is 0 Å². The molecule has 5 heteroatoms. The van der Waals surface area contributed by atoms with Gasteiger partial charge in [-0.3, -0.25) is 4.79 Å². The molecule has 2 aromatic heterocycles. The number of fused-ring (bicyclic) bond motifs is 1. The Kier molecular flexibility index (Phi) is 2.83. The second-order valence-corrected chi connectivity index (χ2v) is 4.21. The van der Waals surface area contributed by atoms with Crippen molar-refractivity contribution < 1.29 is 9.90 Å². The number of rotatable bonds is 3. The number of carbonyl (C=O) groups is 1. The molecule has 0 radical (unpaired) electrons. The van der Waals surface area contributed by atoms with Gasteiger partial charge in [0.1, 0.15) is 0 Å². The molecule has 5 nitrogen and oxygen atoms in total. The second-order valence-electron chi connectivity index (χ2n) is 4.21. The lowest BCUT2D eigenvalue weighted by atomic mass is 10.1. The molecule has 2 rings (SSSR count). The minimum Gasteiger partial charge on any atom is -0.481 e. The average Bonchev–Trinajstić information content (AvgIpc) is 2.58. The van der Waals surface area contributed by atoms with Crippen LogP contribution in [0.3, 0.4) is 0 Å². The second kappa shape index (κ2) is 4.16. The van der Waals surface area contributed by atoms with E-state index in [0.717, 1.165) is 28.3 Å². The van der Waals surface area contributed by atoms with Crippen LogP contribution in [0, 0.1) is 20.8 Å². The minimum atomic E-state index is -0.791. The Labute approximate surface area is 99.1 Å². The van der Waals surface area contributed by atoms with Gasteiger partial charge in [-0.15, -0.1) is 0 Å². The lowest BCUT2D eigenvalue weighted by molar-refractivity contribution is -0.136. The van der Waals surface area contributed by atoms with E-state index in [1.807, 2.05) is 26.8 Å². The van der Waals surface area contributed by atoms with E-state index in [2.05, 4.69) is 10.1 Å². The number of aryl methyl sites for hydroxylation is 3. The molecule has 2 heterocycles. The first-order valence-corrected chi connectivity index (χ1v) is 5.53. The predicted molar refractivity (Wildman–Crippen MR) is 63.2 cm³/mol. The Balaban J connectivity index is 2.51. The molecule has 1 N–H and O–H groups in total. The van der Waals surface area contributed by atoms with Crippen molar-refractivity contribution in [1.82, 2.24) is 14.6 Å². The Morgan fingerprint density at radius 1 is 1.41 bits per heavy atom. The number of carboxylic acid groups (broad SMARTS) is 1. The topological polar surface area (TPSA) is 67.5 Å². The standard InChI is InChI=1S/C12H15N3O2/c1-7-6-11-13-8(2)10(4-5-12(16)17)9(3)15(11)14-7/h6H,4-5H2,1-3H3,(H,16,17). The van der Waals surface area contributed by atoms with Gasteiger partial charge >= 0.3 is 5.97 Å². The van der Waals surface area contributed by atoms with Crippen LogP contribution in [0.25, 0.3) is 5.65 Å². The summed E-state index contributed by atoms with van der Waals surface area (Å²) in [5.74, 6) is -0.791. The van der Waals surface area contributed by atoms with Gasteiger partial charge in [0.25, 0.3) is 0 Å². The van der Waals surface area contributed by atoms with Crippen LogP contribution in [0.15, 0.2) is 6.07 Å². The van der Waals surface area contributed by atoms with Gasteiger partial charge in [-0.2, -0.15) is 5.10 Å². The van der Waals surface area contributed by atoms with E-state index in [1.54, 1.807) is 4.52 Å². The Morgan fingerprint density at radius 3 is 2.76 bits per heavy atom. The zero-order valence-electron chi connectivity index (χ0n) is 10.2. The Bertz CT molecular complexity index is 587. The van der Waals surface area contributed by atoms with Crippen molar-refractivity contribution in [3.63, 3.8) is 0 Å². The maximum Gasteiger partial charge on any atom is 0.303 e. The van der Waals surface area contributed by atoms with E-state index in [1.165, 1.54) is 0 Å². The van der Waals surface area contributed by atoms with Crippen LogP contribution < -0.4 is 0 Å². The molecule has 0 saturated carbocycles. The van der Waals surface area contributed by atoms with Crippen molar-refractivity contribution in [2.24, 2.45) is 0 Å². The van der Waals surface area contributed by atoms with E-state index in [0.29, 0.717) is 6.42 Å². The third-order valence-electron chi connectivity index (χ3n) is 2.88. The number of nitrogens with zero attached hydrogens (tertiary/aromatic N) is 3. The van der Waals surface area contributed by atoms with Crippen molar-refractivity contribution in [2.45, 2.75) is 33.6 Å². The fourth-order valence-corrected chi connectivity index (χ4v) is 2.03. The summed E-state index contributed by atoms with van der Waals surface area (Å²) in [6.07, 6.45) is 0.615. The molecule has 0 spiro atoms. The lowest BCUT2D eigenvalue weighted by Crippen LogP contribution is -2.07. The summed E-state index contributed by atoms with van der Waals surface area (Å²) in [4.78, 5) is 15.1. The predicted octanol–water partition coefficient (Wildman–Crippen LogP) is 1.67. The number of hydrogen-bond donors (Lipinski definition) is 1. The van der Waals surface area contributed by atoms with Gasteiger partial charge in [0.05, 0.1) is 5.69 Å². The van der Waals surface area contributed by atoms with Crippen LogP contribution >= 0.6 is 0 Å². The monoisotopic (exact) mass is 233 g/mol. The van der Waals surface area contributed by atoms with Gasteiger partial charge in [0, 0.05) is 23.9 Å². The zero-order valence-corrected chi connectivity index (χ0v) is 10.2. The van der Waals surface area contributed by atoms with Crippen molar-refractivity contribution >= 4 is 11.6 Å². The summed E-state index contributed by atoms with van der Waals surface area (Å²) in [6.45, 7) is 5.78. The van der Waals surface area contributed by atoms with Crippen LogP contribution in [-0.4, -0.2) is 25.7 Å². The summed E-state index contributed by atoms with van der Waals surface area (Å²) < 4.78 is 1.78. The lowest BCUT2D eigenvalue weighted by Gasteiger charge is -2.09. The van der Waals surface area contributed by atoms with Crippen LogP contribution in [0.5, 0.6) is 0 Å². The fraction of sp³-hybridized carbons (Fsp3) is 0.417. The Morgan fingerprint density at radius 2 is 2.12 bits per heavy atom. The molecule has 0 aliphatic rings. The highest BCUT2D eigenvalue weighted by Crippen LogP contribution is 2.16. The number of carboxylic acids is 1. The van der Waals surface area contributed by atoms with Crippen molar-refractivity contribution in [3.8, 4) is 0 Å². The molecule has 90 valence electrons. The molecule has 2 aromatic rings. The highest BCUT2D eigenvalue weighted by molar-refractivity contribution is 5.67. The van der Waals surface area contributed by atoms with Gasteiger partial charge in [-0.1, -0.05) is 0 Å². The summed E-state index contributed by atoms with van der Waals surface area (Å²) in [5.41, 5.74) is 4.56. The zero-order chi connectivity index (χ0) is 12.6. The largest absolute Gasteiger partial charge is 0.481 e.